The molecule has 0 atom stereocenters. The van der Waals surface area contributed by atoms with Crippen LogP contribution in [0, 0.1) is 0 Å². The number of carbonyl (C=O) groups excluding carboxylic acids is 1. The highest BCUT2D eigenvalue weighted by Crippen LogP contribution is 2.29. The van der Waals surface area contributed by atoms with E-state index in [4.69, 9.17) is 0 Å². The van der Waals surface area contributed by atoms with Gasteiger partial charge in [-0.3, -0.25) is 9.52 Å². The number of rotatable bonds is 4. The number of hydrogen-bond donors (Lipinski definition) is 2. The van der Waals surface area contributed by atoms with E-state index in [1.807, 2.05) is 17.0 Å². The predicted octanol–water partition coefficient (Wildman–Crippen LogP) is 0.245. The van der Waals surface area contributed by atoms with Gasteiger partial charge in [0.25, 0.3) is 5.91 Å². The van der Waals surface area contributed by atoms with Crippen molar-refractivity contribution in [1.82, 2.24) is 15.1 Å². The van der Waals surface area contributed by atoms with Gasteiger partial charge >= 0.3 is 0 Å². The minimum atomic E-state index is -3.44. The molecule has 2 aliphatic heterocycles. The summed E-state index contributed by atoms with van der Waals surface area (Å²) in [6.07, 6.45) is 2.07. The van der Waals surface area contributed by atoms with Crippen LogP contribution in [0.3, 0.4) is 0 Å². The summed E-state index contributed by atoms with van der Waals surface area (Å²) in [4.78, 5) is 19.2. The third-order valence-corrected chi connectivity index (χ3v) is 5.59. The van der Waals surface area contributed by atoms with Gasteiger partial charge in [0.2, 0.25) is 10.0 Å². The van der Waals surface area contributed by atoms with Gasteiger partial charge in [-0.1, -0.05) is 0 Å². The van der Waals surface area contributed by atoms with Crippen molar-refractivity contribution in [3.8, 4) is 0 Å². The zero-order chi connectivity index (χ0) is 19.4. The fourth-order valence-corrected chi connectivity index (χ4v) is 4.13. The summed E-state index contributed by atoms with van der Waals surface area (Å²) in [6.45, 7) is 6.52. The molecular weight excluding hydrogens is 366 g/mol. The Kier molecular flexibility index (Phi) is 6.23. The first-order valence-electron chi connectivity index (χ1n) is 9.39. The molecule has 0 unspecified atom stereocenters. The number of hydrogen-bond acceptors (Lipinski definition) is 6. The SMILES string of the molecule is CN1CCCN(C(=O)c2ccc(N3CCNCC3)c(NS(C)(=O)=O)c2)CC1. The van der Waals surface area contributed by atoms with Crippen LogP contribution in [0.2, 0.25) is 0 Å². The Hall–Kier alpha value is -1.84. The molecule has 1 aromatic rings. The molecule has 27 heavy (non-hydrogen) atoms. The highest BCUT2D eigenvalue weighted by atomic mass is 32.2. The van der Waals surface area contributed by atoms with E-state index < -0.39 is 10.0 Å². The topological polar surface area (TPSA) is 85.0 Å². The number of carbonyl (C=O) groups is 1. The maximum atomic E-state index is 13.0. The molecule has 2 saturated heterocycles. The summed E-state index contributed by atoms with van der Waals surface area (Å²) in [5.74, 6) is -0.0475. The van der Waals surface area contributed by atoms with Gasteiger partial charge in [0.15, 0.2) is 0 Å². The van der Waals surface area contributed by atoms with Crippen molar-refractivity contribution in [3.05, 3.63) is 23.8 Å². The molecule has 0 saturated carbocycles. The van der Waals surface area contributed by atoms with Crippen molar-refractivity contribution in [2.24, 2.45) is 0 Å². The Morgan fingerprint density at radius 2 is 1.81 bits per heavy atom. The largest absolute Gasteiger partial charge is 0.367 e. The molecule has 1 amide bonds. The molecule has 0 radical (unpaired) electrons. The molecule has 2 fully saturated rings. The lowest BCUT2D eigenvalue weighted by Crippen LogP contribution is -2.43. The van der Waals surface area contributed by atoms with Crippen LogP contribution < -0.4 is 14.9 Å². The first-order valence-corrected chi connectivity index (χ1v) is 11.3. The molecule has 0 aliphatic carbocycles. The fraction of sp³-hybridized carbons (Fsp3) is 0.611. The fourth-order valence-electron chi connectivity index (χ4n) is 3.56. The molecule has 2 N–H and O–H groups in total. The van der Waals surface area contributed by atoms with Crippen LogP contribution in [-0.2, 0) is 10.0 Å². The second kappa shape index (κ2) is 8.45. The van der Waals surface area contributed by atoms with Crippen molar-refractivity contribution < 1.29 is 13.2 Å². The van der Waals surface area contributed by atoms with Crippen LogP contribution in [0.5, 0.6) is 0 Å². The molecule has 150 valence electrons. The molecule has 3 rings (SSSR count). The van der Waals surface area contributed by atoms with Crippen LogP contribution in [0.1, 0.15) is 16.8 Å². The number of likely N-dealkylation sites (N-methyl/N-ethyl adjacent to an activating group) is 1. The standard InChI is InChI=1S/C18H29N5O3S/c1-21-8-3-9-23(13-12-21)18(24)15-4-5-17(22-10-6-19-7-11-22)16(14-15)20-27(2,25)26/h4-5,14,19-20H,3,6-13H2,1-2H3. The van der Waals surface area contributed by atoms with Gasteiger partial charge in [-0.15, -0.1) is 0 Å². The molecule has 0 bridgehead atoms. The van der Waals surface area contributed by atoms with E-state index in [-0.39, 0.29) is 5.91 Å². The van der Waals surface area contributed by atoms with E-state index in [1.165, 1.54) is 0 Å². The lowest BCUT2D eigenvalue weighted by Gasteiger charge is -2.31. The van der Waals surface area contributed by atoms with Gasteiger partial charge in [0.1, 0.15) is 0 Å². The Balaban J connectivity index is 1.87. The molecule has 9 heteroatoms. The minimum absolute atomic E-state index is 0.0475. The normalized spacial score (nSPS) is 19.6. The van der Waals surface area contributed by atoms with Crippen LogP contribution in [0.4, 0.5) is 11.4 Å². The summed E-state index contributed by atoms with van der Waals surface area (Å²) in [5, 5.41) is 3.29. The summed E-state index contributed by atoms with van der Waals surface area (Å²) >= 11 is 0. The van der Waals surface area contributed by atoms with Gasteiger partial charge in [-0.05, 0) is 38.2 Å². The first kappa shape index (κ1) is 19.9. The third-order valence-electron chi connectivity index (χ3n) is 5.00. The highest BCUT2D eigenvalue weighted by Gasteiger charge is 2.22. The number of amides is 1. The number of nitrogens with zero attached hydrogens (tertiary/aromatic N) is 3. The van der Waals surface area contributed by atoms with E-state index in [0.29, 0.717) is 17.8 Å². The maximum absolute atomic E-state index is 13.0. The number of benzene rings is 1. The Morgan fingerprint density at radius 1 is 1.07 bits per heavy atom. The van der Waals surface area contributed by atoms with Crippen molar-refractivity contribution in [2.75, 3.05) is 75.3 Å². The smallest absolute Gasteiger partial charge is 0.253 e. The quantitative estimate of drug-likeness (QED) is 0.760. The summed E-state index contributed by atoms with van der Waals surface area (Å²) < 4.78 is 26.3. The van der Waals surface area contributed by atoms with Crippen molar-refractivity contribution in [1.29, 1.82) is 0 Å². The van der Waals surface area contributed by atoms with E-state index in [0.717, 1.165) is 64.2 Å². The number of sulfonamides is 1. The first-order chi connectivity index (χ1) is 12.8. The van der Waals surface area contributed by atoms with Crippen molar-refractivity contribution in [3.63, 3.8) is 0 Å². The van der Waals surface area contributed by atoms with Gasteiger partial charge in [-0.2, -0.15) is 0 Å². The zero-order valence-electron chi connectivity index (χ0n) is 16.1. The molecule has 2 aliphatic rings. The third kappa shape index (κ3) is 5.33. The van der Waals surface area contributed by atoms with Gasteiger partial charge in [0, 0.05) is 51.4 Å². The molecule has 2 heterocycles. The highest BCUT2D eigenvalue weighted by molar-refractivity contribution is 7.92. The van der Waals surface area contributed by atoms with Gasteiger partial charge in [0.05, 0.1) is 17.6 Å². The van der Waals surface area contributed by atoms with E-state index in [9.17, 15) is 13.2 Å². The van der Waals surface area contributed by atoms with E-state index >= 15 is 0 Å². The van der Waals surface area contributed by atoms with Crippen molar-refractivity contribution in [2.45, 2.75) is 6.42 Å². The minimum Gasteiger partial charge on any atom is -0.367 e. The van der Waals surface area contributed by atoms with E-state index in [2.05, 4.69) is 26.9 Å². The number of anilines is 2. The van der Waals surface area contributed by atoms with Crippen LogP contribution in [0.15, 0.2) is 18.2 Å². The zero-order valence-corrected chi connectivity index (χ0v) is 16.9. The molecular formula is C18H29N5O3S. The maximum Gasteiger partial charge on any atom is 0.253 e. The summed E-state index contributed by atoms with van der Waals surface area (Å²) in [5.41, 5.74) is 1.80. The molecule has 8 nitrogen and oxygen atoms in total. The van der Waals surface area contributed by atoms with Crippen LogP contribution in [0.25, 0.3) is 0 Å². The predicted molar refractivity (Wildman–Crippen MR) is 108 cm³/mol. The van der Waals surface area contributed by atoms with Crippen LogP contribution in [-0.4, -0.2) is 89.8 Å². The van der Waals surface area contributed by atoms with Gasteiger partial charge in [-0.25, -0.2) is 8.42 Å². The summed E-state index contributed by atoms with van der Waals surface area (Å²) in [7, 11) is -1.38. The molecule has 1 aromatic carbocycles. The Morgan fingerprint density at radius 3 is 2.52 bits per heavy atom. The molecule has 0 aromatic heterocycles. The lowest BCUT2D eigenvalue weighted by atomic mass is 10.1. The average Bonchev–Trinajstić information content (AvgIpc) is 2.85. The van der Waals surface area contributed by atoms with Crippen molar-refractivity contribution >= 4 is 27.3 Å². The lowest BCUT2D eigenvalue weighted by molar-refractivity contribution is 0.0763. The van der Waals surface area contributed by atoms with Gasteiger partial charge < -0.3 is 20.0 Å². The second-order valence-electron chi connectivity index (χ2n) is 7.29. The Bertz CT molecular complexity index is 777. The van der Waals surface area contributed by atoms with Crippen LogP contribution >= 0.6 is 0 Å². The average molecular weight is 396 g/mol. The monoisotopic (exact) mass is 395 g/mol. The van der Waals surface area contributed by atoms with E-state index in [1.54, 1.807) is 6.07 Å². The second-order valence-corrected chi connectivity index (χ2v) is 9.04. The summed E-state index contributed by atoms with van der Waals surface area (Å²) in [6, 6.07) is 5.34. The Labute approximate surface area is 161 Å². The molecule has 0 spiro atoms. The number of nitrogens with one attached hydrogen (secondary N) is 2. The number of piperazine rings is 1.